The molecule has 6 heteroatoms. The average molecular weight is 253 g/mol. The first kappa shape index (κ1) is 12.8. The SMILES string of the molecule is CN1CCCC(Nc2c(F)cccc2[N+](=O)[O-])C1. The van der Waals surface area contributed by atoms with Crippen LogP contribution in [0.15, 0.2) is 18.2 Å². The van der Waals surface area contributed by atoms with Gasteiger partial charge in [-0.2, -0.15) is 0 Å². The third-order valence-electron chi connectivity index (χ3n) is 3.16. The maximum absolute atomic E-state index is 13.7. The molecule has 0 amide bonds. The predicted octanol–water partition coefficient (Wildman–Crippen LogP) is 2.24. The summed E-state index contributed by atoms with van der Waals surface area (Å²) in [5.74, 6) is -0.572. The van der Waals surface area contributed by atoms with Crippen molar-refractivity contribution >= 4 is 11.4 Å². The fraction of sp³-hybridized carbons (Fsp3) is 0.500. The van der Waals surface area contributed by atoms with Crippen molar-refractivity contribution in [1.29, 1.82) is 0 Å². The van der Waals surface area contributed by atoms with Gasteiger partial charge in [0.15, 0.2) is 5.82 Å². The standard InChI is InChI=1S/C12H16FN3O2/c1-15-7-3-4-9(8-15)14-12-10(13)5-2-6-11(12)16(17)18/h2,5-6,9,14H,3-4,7-8H2,1H3. The number of hydrogen-bond acceptors (Lipinski definition) is 4. The minimum absolute atomic E-state index is 0.00259. The zero-order valence-corrected chi connectivity index (χ0v) is 10.2. The number of piperidine rings is 1. The summed E-state index contributed by atoms with van der Waals surface area (Å²) in [5.41, 5.74) is -0.203. The highest BCUT2D eigenvalue weighted by Crippen LogP contribution is 2.28. The van der Waals surface area contributed by atoms with E-state index in [1.165, 1.54) is 18.2 Å². The lowest BCUT2D eigenvalue weighted by molar-refractivity contribution is -0.384. The molecule has 1 atom stereocenters. The number of rotatable bonds is 3. The van der Waals surface area contributed by atoms with Crippen molar-refractivity contribution in [2.75, 3.05) is 25.5 Å². The fourth-order valence-electron chi connectivity index (χ4n) is 2.30. The number of hydrogen-bond donors (Lipinski definition) is 1. The summed E-state index contributed by atoms with van der Waals surface area (Å²) >= 11 is 0. The van der Waals surface area contributed by atoms with Gasteiger partial charge in [0.05, 0.1) is 4.92 Å². The van der Waals surface area contributed by atoms with E-state index < -0.39 is 10.7 Å². The van der Waals surface area contributed by atoms with E-state index in [1.54, 1.807) is 0 Å². The van der Waals surface area contributed by atoms with Gasteiger partial charge < -0.3 is 10.2 Å². The van der Waals surface area contributed by atoms with Crippen molar-refractivity contribution in [3.05, 3.63) is 34.1 Å². The van der Waals surface area contributed by atoms with E-state index in [0.29, 0.717) is 0 Å². The second-order valence-electron chi connectivity index (χ2n) is 4.64. The number of para-hydroxylation sites is 1. The molecule has 0 aliphatic carbocycles. The van der Waals surface area contributed by atoms with Crippen LogP contribution in [-0.2, 0) is 0 Å². The van der Waals surface area contributed by atoms with Crippen LogP contribution in [0.2, 0.25) is 0 Å². The molecule has 0 saturated carbocycles. The average Bonchev–Trinajstić information content (AvgIpc) is 2.31. The summed E-state index contributed by atoms with van der Waals surface area (Å²) < 4.78 is 13.7. The molecule has 0 aromatic heterocycles. The smallest absolute Gasteiger partial charge is 0.295 e. The zero-order valence-electron chi connectivity index (χ0n) is 10.2. The molecular formula is C12H16FN3O2. The minimum Gasteiger partial charge on any atom is -0.373 e. The number of anilines is 1. The molecule has 1 aromatic carbocycles. The lowest BCUT2D eigenvalue weighted by Crippen LogP contribution is -2.40. The van der Waals surface area contributed by atoms with Gasteiger partial charge in [0.1, 0.15) is 5.69 Å². The van der Waals surface area contributed by atoms with Gasteiger partial charge in [-0.3, -0.25) is 10.1 Å². The van der Waals surface area contributed by atoms with Gasteiger partial charge in [-0.05, 0) is 32.5 Å². The van der Waals surface area contributed by atoms with Crippen LogP contribution < -0.4 is 5.32 Å². The van der Waals surface area contributed by atoms with Crippen LogP contribution in [0.5, 0.6) is 0 Å². The van der Waals surface area contributed by atoms with E-state index >= 15 is 0 Å². The zero-order chi connectivity index (χ0) is 13.1. The van der Waals surface area contributed by atoms with Crippen LogP contribution in [-0.4, -0.2) is 36.0 Å². The second-order valence-corrected chi connectivity index (χ2v) is 4.64. The predicted molar refractivity (Wildman–Crippen MR) is 67.2 cm³/mol. The molecular weight excluding hydrogens is 237 g/mol. The van der Waals surface area contributed by atoms with Gasteiger partial charge in [0.25, 0.3) is 5.69 Å². The number of nitrogens with zero attached hydrogens (tertiary/aromatic N) is 2. The van der Waals surface area contributed by atoms with E-state index in [4.69, 9.17) is 0 Å². The van der Waals surface area contributed by atoms with E-state index in [9.17, 15) is 14.5 Å². The molecule has 1 unspecified atom stereocenters. The Hall–Kier alpha value is -1.69. The van der Waals surface area contributed by atoms with E-state index in [-0.39, 0.29) is 17.4 Å². The number of nitro groups is 1. The van der Waals surface area contributed by atoms with Crippen LogP contribution >= 0.6 is 0 Å². The maximum atomic E-state index is 13.7. The highest BCUT2D eigenvalue weighted by molar-refractivity contribution is 5.62. The summed E-state index contributed by atoms with van der Waals surface area (Å²) in [6.07, 6.45) is 1.91. The first-order valence-electron chi connectivity index (χ1n) is 5.96. The van der Waals surface area contributed by atoms with Gasteiger partial charge in [-0.1, -0.05) is 6.07 Å². The number of nitro benzene ring substituents is 1. The van der Waals surface area contributed by atoms with Gasteiger partial charge >= 0.3 is 0 Å². The Balaban J connectivity index is 2.20. The number of halogens is 1. The molecule has 1 aromatic rings. The lowest BCUT2D eigenvalue weighted by atomic mass is 10.1. The van der Waals surface area contributed by atoms with Gasteiger partial charge in [-0.25, -0.2) is 4.39 Å². The number of nitrogens with one attached hydrogen (secondary N) is 1. The fourth-order valence-corrected chi connectivity index (χ4v) is 2.30. The maximum Gasteiger partial charge on any atom is 0.295 e. The minimum atomic E-state index is -0.572. The Morgan fingerprint density at radius 3 is 3.00 bits per heavy atom. The summed E-state index contributed by atoms with van der Waals surface area (Å²) in [6.45, 7) is 1.78. The Bertz CT molecular complexity index is 453. The van der Waals surface area contributed by atoms with Crippen molar-refractivity contribution in [1.82, 2.24) is 4.90 Å². The third kappa shape index (κ3) is 2.76. The van der Waals surface area contributed by atoms with Gasteiger partial charge in [0, 0.05) is 18.7 Å². The number of likely N-dealkylation sites (tertiary alicyclic amines) is 1. The molecule has 1 aliphatic rings. The quantitative estimate of drug-likeness (QED) is 0.663. The molecule has 1 fully saturated rings. The molecule has 1 heterocycles. The topological polar surface area (TPSA) is 58.4 Å². The summed E-state index contributed by atoms with van der Waals surface area (Å²) in [5, 5.41) is 13.8. The molecule has 18 heavy (non-hydrogen) atoms. The van der Waals surface area contributed by atoms with Crippen LogP contribution in [0.3, 0.4) is 0 Å². The Kier molecular flexibility index (Phi) is 3.76. The van der Waals surface area contributed by atoms with E-state index in [0.717, 1.165) is 25.9 Å². The summed E-state index contributed by atoms with van der Waals surface area (Å²) in [7, 11) is 1.99. The van der Waals surface area contributed by atoms with Crippen molar-refractivity contribution in [3.8, 4) is 0 Å². The molecule has 0 spiro atoms. The summed E-state index contributed by atoms with van der Waals surface area (Å²) in [4.78, 5) is 12.4. The van der Waals surface area contributed by atoms with Crippen LogP contribution in [0.1, 0.15) is 12.8 Å². The molecule has 1 saturated heterocycles. The Morgan fingerprint density at radius 2 is 2.33 bits per heavy atom. The van der Waals surface area contributed by atoms with Crippen LogP contribution in [0.4, 0.5) is 15.8 Å². The molecule has 98 valence electrons. The van der Waals surface area contributed by atoms with Crippen molar-refractivity contribution in [2.45, 2.75) is 18.9 Å². The highest BCUT2D eigenvalue weighted by Gasteiger charge is 2.23. The molecule has 5 nitrogen and oxygen atoms in total. The van der Waals surface area contributed by atoms with Crippen molar-refractivity contribution in [3.63, 3.8) is 0 Å². The van der Waals surface area contributed by atoms with Crippen molar-refractivity contribution in [2.24, 2.45) is 0 Å². The second kappa shape index (κ2) is 5.30. The normalized spacial score (nSPS) is 20.7. The molecule has 1 N–H and O–H groups in total. The monoisotopic (exact) mass is 253 g/mol. The highest BCUT2D eigenvalue weighted by atomic mass is 19.1. The summed E-state index contributed by atoms with van der Waals surface area (Å²) in [6, 6.07) is 3.96. The molecule has 1 aliphatic heterocycles. The largest absolute Gasteiger partial charge is 0.373 e. The first-order valence-corrected chi connectivity index (χ1v) is 5.96. The number of likely N-dealkylation sites (N-methyl/N-ethyl adjacent to an activating group) is 1. The Labute approximate surface area is 105 Å². The third-order valence-corrected chi connectivity index (χ3v) is 3.16. The number of benzene rings is 1. The van der Waals surface area contributed by atoms with E-state index in [1.807, 2.05) is 7.05 Å². The van der Waals surface area contributed by atoms with Gasteiger partial charge in [-0.15, -0.1) is 0 Å². The Morgan fingerprint density at radius 1 is 1.56 bits per heavy atom. The van der Waals surface area contributed by atoms with Crippen molar-refractivity contribution < 1.29 is 9.31 Å². The molecule has 2 rings (SSSR count). The van der Waals surface area contributed by atoms with Gasteiger partial charge in [0.2, 0.25) is 0 Å². The first-order chi connectivity index (χ1) is 8.58. The lowest BCUT2D eigenvalue weighted by Gasteiger charge is -2.30. The van der Waals surface area contributed by atoms with Crippen LogP contribution in [0, 0.1) is 15.9 Å². The molecule has 0 radical (unpaired) electrons. The van der Waals surface area contributed by atoms with Crippen LogP contribution in [0.25, 0.3) is 0 Å². The van der Waals surface area contributed by atoms with E-state index in [2.05, 4.69) is 10.2 Å². The molecule has 0 bridgehead atoms.